The zero-order valence-corrected chi connectivity index (χ0v) is 11.8. The van der Waals surface area contributed by atoms with Gasteiger partial charge in [-0.15, -0.1) is 5.11 Å². The fourth-order valence-electron chi connectivity index (χ4n) is 2.05. The van der Waals surface area contributed by atoms with Gasteiger partial charge in [-0.05, 0) is 38.3 Å². The van der Waals surface area contributed by atoms with E-state index in [9.17, 15) is 9.59 Å². The van der Waals surface area contributed by atoms with Crippen LogP contribution >= 0.6 is 0 Å². The van der Waals surface area contributed by atoms with Gasteiger partial charge in [0.05, 0.1) is 17.9 Å². The fraction of sp³-hybridized carbons (Fsp3) is 0.333. The van der Waals surface area contributed by atoms with Crippen LogP contribution in [-0.4, -0.2) is 18.6 Å². The van der Waals surface area contributed by atoms with Crippen molar-refractivity contribution < 1.29 is 14.3 Å². The summed E-state index contributed by atoms with van der Waals surface area (Å²) in [6, 6.07) is 8.42. The van der Waals surface area contributed by atoms with Gasteiger partial charge in [0.15, 0.2) is 0 Å². The van der Waals surface area contributed by atoms with Crippen LogP contribution in [0.4, 0.5) is 10.5 Å². The lowest BCUT2D eigenvalue weighted by Gasteiger charge is -2.02. The minimum absolute atomic E-state index is 0.321. The third kappa shape index (κ3) is 4.24. The molecule has 0 fully saturated rings. The van der Waals surface area contributed by atoms with Crippen molar-refractivity contribution in [1.29, 1.82) is 0 Å². The Labute approximate surface area is 122 Å². The van der Waals surface area contributed by atoms with Crippen molar-refractivity contribution >= 4 is 17.7 Å². The van der Waals surface area contributed by atoms with E-state index in [1.165, 1.54) is 0 Å². The summed E-state index contributed by atoms with van der Waals surface area (Å²) in [5, 5.41) is 10.1. The standard InChI is InChI=1S/C15H17N3O3/c1-2-21-14(19)12-9-6-10-13(12)17-18-15(20)16-11-7-4-3-5-8-11/h3-5,7-8H,2,6,9-10H2,1H3,(H,16,20). The molecule has 0 unspecified atom stereocenters. The highest BCUT2D eigenvalue weighted by molar-refractivity contribution is 5.91. The Kier molecular flexibility index (Phi) is 5.20. The quantitative estimate of drug-likeness (QED) is 0.677. The van der Waals surface area contributed by atoms with Gasteiger partial charge in [-0.3, -0.25) is 0 Å². The highest BCUT2D eigenvalue weighted by atomic mass is 16.5. The smallest absolute Gasteiger partial charge is 0.364 e. The summed E-state index contributed by atoms with van der Waals surface area (Å²) < 4.78 is 4.96. The predicted octanol–water partition coefficient (Wildman–Crippen LogP) is 3.67. The van der Waals surface area contributed by atoms with E-state index in [4.69, 9.17) is 4.74 Å². The van der Waals surface area contributed by atoms with E-state index < -0.39 is 6.03 Å². The molecule has 1 aromatic rings. The number of hydrogen-bond acceptors (Lipinski definition) is 4. The monoisotopic (exact) mass is 287 g/mol. The molecular weight excluding hydrogens is 270 g/mol. The van der Waals surface area contributed by atoms with Crippen LogP contribution in [0.25, 0.3) is 0 Å². The van der Waals surface area contributed by atoms with Gasteiger partial charge in [-0.2, -0.15) is 0 Å². The molecule has 21 heavy (non-hydrogen) atoms. The molecular formula is C15H17N3O3. The molecule has 1 N–H and O–H groups in total. The van der Waals surface area contributed by atoms with E-state index in [0.717, 1.165) is 6.42 Å². The first-order chi connectivity index (χ1) is 10.2. The van der Waals surface area contributed by atoms with Crippen molar-refractivity contribution in [1.82, 2.24) is 0 Å². The van der Waals surface area contributed by atoms with E-state index in [1.807, 2.05) is 18.2 Å². The third-order valence-electron chi connectivity index (χ3n) is 3.00. The first-order valence-electron chi connectivity index (χ1n) is 6.87. The summed E-state index contributed by atoms with van der Waals surface area (Å²) in [5.41, 5.74) is 1.71. The first kappa shape index (κ1) is 14.9. The van der Waals surface area contributed by atoms with Crippen molar-refractivity contribution in [2.75, 3.05) is 11.9 Å². The minimum atomic E-state index is -0.566. The predicted molar refractivity (Wildman–Crippen MR) is 77.8 cm³/mol. The molecule has 0 saturated heterocycles. The highest BCUT2D eigenvalue weighted by Crippen LogP contribution is 2.28. The zero-order valence-electron chi connectivity index (χ0n) is 11.8. The lowest BCUT2D eigenvalue weighted by Crippen LogP contribution is -2.07. The zero-order chi connectivity index (χ0) is 15.1. The molecule has 0 aromatic heterocycles. The number of amides is 2. The number of hydrogen-bond donors (Lipinski definition) is 1. The molecule has 1 aliphatic rings. The maximum atomic E-state index is 11.7. The number of allylic oxidation sites excluding steroid dienone is 1. The molecule has 0 saturated carbocycles. The van der Waals surface area contributed by atoms with Crippen LogP contribution in [0.5, 0.6) is 0 Å². The van der Waals surface area contributed by atoms with Crippen LogP contribution in [0.15, 0.2) is 51.8 Å². The number of benzene rings is 1. The van der Waals surface area contributed by atoms with Crippen LogP contribution in [-0.2, 0) is 9.53 Å². The van der Waals surface area contributed by atoms with Crippen molar-refractivity contribution in [2.45, 2.75) is 26.2 Å². The van der Waals surface area contributed by atoms with Crippen LogP contribution in [0.3, 0.4) is 0 Å². The second-order valence-electron chi connectivity index (χ2n) is 4.50. The largest absolute Gasteiger partial charge is 0.463 e. The molecule has 6 nitrogen and oxygen atoms in total. The van der Waals surface area contributed by atoms with Gasteiger partial charge in [0.1, 0.15) is 0 Å². The summed E-state index contributed by atoms with van der Waals surface area (Å²) >= 11 is 0. The number of carbonyl (C=O) groups excluding carboxylic acids is 2. The molecule has 1 aliphatic carbocycles. The van der Waals surface area contributed by atoms with Crippen LogP contribution < -0.4 is 5.32 Å². The molecule has 110 valence electrons. The maximum Gasteiger partial charge on any atom is 0.364 e. The van der Waals surface area contributed by atoms with Crippen LogP contribution in [0.2, 0.25) is 0 Å². The molecule has 0 bridgehead atoms. The Hall–Kier alpha value is -2.50. The number of esters is 1. The molecule has 0 heterocycles. The normalized spacial score (nSPS) is 14.5. The number of nitrogens with one attached hydrogen (secondary N) is 1. The average Bonchev–Trinajstić information content (AvgIpc) is 2.95. The SMILES string of the molecule is CCOC(=O)C1=C(N=NC(=O)Nc2ccccc2)CCC1. The summed E-state index contributed by atoms with van der Waals surface area (Å²) in [6.45, 7) is 2.07. The number of urea groups is 1. The summed E-state index contributed by atoms with van der Waals surface area (Å²) in [7, 11) is 0. The second-order valence-corrected chi connectivity index (χ2v) is 4.50. The maximum absolute atomic E-state index is 11.7. The Balaban J connectivity index is 2.00. The van der Waals surface area contributed by atoms with Crippen molar-refractivity contribution in [3.8, 4) is 0 Å². The topological polar surface area (TPSA) is 80.1 Å². The Morgan fingerprint density at radius 1 is 1.24 bits per heavy atom. The van der Waals surface area contributed by atoms with E-state index in [0.29, 0.717) is 36.4 Å². The Bertz CT molecular complexity index is 579. The van der Waals surface area contributed by atoms with Gasteiger partial charge >= 0.3 is 12.0 Å². The minimum Gasteiger partial charge on any atom is -0.463 e. The Morgan fingerprint density at radius 2 is 2.00 bits per heavy atom. The highest BCUT2D eigenvalue weighted by Gasteiger charge is 2.22. The lowest BCUT2D eigenvalue weighted by atomic mass is 10.2. The lowest BCUT2D eigenvalue weighted by molar-refractivity contribution is -0.138. The number of anilines is 1. The number of rotatable bonds is 4. The molecule has 2 rings (SSSR count). The number of carbonyl (C=O) groups is 2. The van der Waals surface area contributed by atoms with E-state index in [2.05, 4.69) is 15.5 Å². The molecule has 0 radical (unpaired) electrons. The summed E-state index contributed by atoms with van der Waals surface area (Å²) in [4.78, 5) is 23.4. The first-order valence-corrected chi connectivity index (χ1v) is 6.87. The van der Waals surface area contributed by atoms with Gasteiger partial charge in [-0.1, -0.05) is 23.3 Å². The number of azo groups is 1. The van der Waals surface area contributed by atoms with Gasteiger partial charge < -0.3 is 10.1 Å². The molecule has 2 amide bonds. The van der Waals surface area contributed by atoms with Crippen molar-refractivity contribution in [3.63, 3.8) is 0 Å². The van der Waals surface area contributed by atoms with Gasteiger partial charge in [0, 0.05) is 5.69 Å². The molecule has 6 heteroatoms. The van der Waals surface area contributed by atoms with Crippen LogP contribution in [0, 0.1) is 0 Å². The number of ether oxygens (including phenoxy) is 1. The molecule has 0 atom stereocenters. The van der Waals surface area contributed by atoms with Crippen molar-refractivity contribution in [2.24, 2.45) is 10.2 Å². The van der Waals surface area contributed by atoms with Crippen molar-refractivity contribution in [3.05, 3.63) is 41.6 Å². The van der Waals surface area contributed by atoms with E-state index in [-0.39, 0.29) is 5.97 Å². The van der Waals surface area contributed by atoms with E-state index in [1.54, 1.807) is 19.1 Å². The van der Waals surface area contributed by atoms with Gasteiger partial charge in [0.2, 0.25) is 0 Å². The molecule has 0 aliphatic heterocycles. The van der Waals surface area contributed by atoms with Gasteiger partial charge in [-0.25, -0.2) is 9.59 Å². The molecule has 0 spiro atoms. The summed E-state index contributed by atoms with van der Waals surface area (Å²) in [6.07, 6.45) is 2.08. The second kappa shape index (κ2) is 7.33. The van der Waals surface area contributed by atoms with Crippen LogP contribution in [0.1, 0.15) is 26.2 Å². The van der Waals surface area contributed by atoms with E-state index >= 15 is 0 Å². The number of para-hydroxylation sites is 1. The number of nitrogens with zero attached hydrogens (tertiary/aromatic N) is 2. The summed E-state index contributed by atoms with van der Waals surface area (Å²) in [5.74, 6) is -0.368. The third-order valence-corrected chi connectivity index (χ3v) is 3.00. The Morgan fingerprint density at radius 3 is 2.71 bits per heavy atom. The average molecular weight is 287 g/mol. The van der Waals surface area contributed by atoms with Gasteiger partial charge in [0.25, 0.3) is 0 Å². The molecule has 1 aromatic carbocycles. The fourth-order valence-corrected chi connectivity index (χ4v) is 2.05.